The molecule has 0 saturated heterocycles. The van der Waals surface area contributed by atoms with Crippen LogP contribution in [0.15, 0.2) is 0 Å². The summed E-state index contributed by atoms with van der Waals surface area (Å²) in [5.41, 5.74) is 0. The van der Waals surface area contributed by atoms with Crippen LogP contribution in [0.5, 0.6) is 0 Å². The summed E-state index contributed by atoms with van der Waals surface area (Å²) >= 11 is 0. The molecule has 13 heteroatoms. The predicted octanol–water partition coefficient (Wildman–Crippen LogP) is 3.45. The Morgan fingerprint density at radius 1 is 0.611 bits per heavy atom. The van der Waals surface area contributed by atoms with Gasteiger partial charge >= 0.3 is 30.7 Å². The molecule has 0 N–H and O–H groups in total. The largest absolute Gasteiger partial charge is 0.518 e. The molecule has 0 spiro atoms. The summed E-state index contributed by atoms with van der Waals surface area (Å²) in [5, 5.41) is 0. The van der Waals surface area contributed by atoms with Crippen LogP contribution in [0.1, 0.15) is 0 Å². The van der Waals surface area contributed by atoms with Crippen LogP contribution in [0.2, 0.25) is 0 Å². The molecule has 0 aromatic rings. The van der Waals surface area contributed by atoms with E-state index in [0.29, 0.717) is 0 Å². The van der Waals surface area contributed by atoms with Crippen molar-refractivity contribution in [1.82, 2.24) is 0 Å². The molecule has 0 aromatic heterocycles. The molecular formula is C5F10O3. The highest BCUT2D eigenvalue weighted by Crippen LogP contribution is 2.39. The van der Waals surface area contributed by atoms with Crippen molar-refractivity contribution < 1.29 is 58.2 Å². The van der Waals surface area contributed by atoms with E-state index in [1.54, 1.807) is 0 Å². The lowest BCUT2D eigenvalue weighted by atomic mass is 10.6. The van der Waals surface area contributed by atoms with Gasteiger partial charge in [-0.2, -0.15) is 43.9 Å². The van der Waals surface area contributed by atoms with Crippen molar-refractivity contribution in [3.63, 3.8) is 0 Å². The van der Waals surface area contributed by atoms with Crippen LogP contribution >= 0.6 is 0 Å². The molecule has 0 radical (unpaired) electrons. The SMILES string of the molecule is O=C(OC(F)(F)C(F)(F)F)OC(F)(F)C(F)(F)F. The summed E-state index contributed by atoms with van der Waals surface area (Å²) in [7, 11) is 0. The van der Waals surface area contributed by atoms with Crippen molar-refractivity contribution in [1.29, 1.82) is 0 Å². The molecule has 108 valence electrons. The Labute approximate surface area is 90.2 Å². The molecule has 0 fully saturated rings. The lowest BCUT2D eigenvalue weighted by molar-refractivity contribution is -0.401. The van der Waals surface area contributed by atoms with E-state index in [4.69, 9.17) is 0 Å². The molecule has 0 saturated carbocycles. The summed E-state index contributed by atoms with van der Waals surface area (Å²) in [6.07, 6.45) is -29.1. The number of alkyl halides is 10. The topological polar surface area (TPSA) is 35.5 Å². The maximum atomic E-state index is 11.9. The summed E-state index contributed by atoms with van der Waals surface area (Å²) in [4.78, 5) is 9.96. The highest BCUT2D eigenvalue weighted by Gasteiger charge is 2.66. The molecule has 0 bridgehead atoms. The number of halogens is 10. The minimum Gasteiger partial charge on any atom is -0.361 e. The number of ether oxygens (including phenoxy) is 2. The molecule has 0 rings (SSSR count). The van der Waals surface area contributed by atoms with Gasteiger partial charge in [0.1, 0.15) is 0 Å². The minimum absolute atomic E-state index is 2.03. The van der Waals surface area contributed by atoms with Crippen LogP contribution in [-0.2, 0) is 9.47 Å². The zero-order valence-electron chi connectivity index (χ0n) is 7.50. The van der Waals surface area contributed by atoms with Gasteiger partial charge in [0.2, 0.25) is 0 Å². The Balaban J connectivity index is 4.75. The molecule has 0 heterocycles. The molecule has 3 nitrogen and oxygen atoms in total. The quantitative estimate of drug-likeness (QED) is 0.578. The van der Waals surface area contributed by atoms with Gasteiger partial charge < -0.3 is 9.47 Å². The van der Waals surface area contributed by atoms with Gasteiger partial charge in [0.15, 0.2) is 0 Å². The normalized spacial score (nSPS) is 14.3. The van der Waals surface area contributed by atoms with Gasteiger partial charge in [-0.05, 0) is 0 Å². The fourth-order valence-corrected chi connectivity index (χ4v) is 0.346. The smallest absolute Gasteiger partial charge is 0.361 e. The number of hydrogen-bond acceptors (Lipinski definition) is 3. The maximum absolute atomic E-state index is 11.9. The van der Waals surface area contributed by atoms with Gasteiger partial charge in [-0.1, -0.05) is 0 Å². The number of hydrogen-bond donors (Lipinski definition) is 0. The predicted molar refractivity (Wildman–Crippen MR) is 29.6 cm³/mol. The van der Waals surface area contributed by atoms with Gasteiger partial charge in [-0.15, -0.1) is 0 Å². The van der Waals surface area contributed by atoms with Gasteiger partial charge in [0.05, 0.1) is 0 Å². The van der Waals surface area contributed by atoms with Gasteiger partial charge in [0.25, 0.3) is 0 Å². The first-order valence-electron chi connectivity index (χ1n) is 3.41. The van der Waals surface area contributed by atoms with E-state index in [9.17, 15) is 48.7 Å². The molecule has 0 aliphatic heterocycles. The number of rotatable bonds is 2. The summed E-state index contributed by atoms with van der Waals surface area (Å²) < 4.78 is 120. The third-order valence-electron chi connectivity index (χ3n) is 1.08. The van der Waals surface area contributed by atoms with Crippen molar-refractivity contribution in [2.24, 2.45) is 0 Å². The second kappa shape index (κ2) is 4.35. The summed E-state index contributed by atoms with van der Waals surface area (Å²) in [6.45, 7) is 0. The minimum atomic E-state index is -6.50. The maximum Gasteiger partial charge on any atom is 0.518 e. The molecule has 0 aliphatic carbocycles. The van der Waals surface area contributed by atoms with E-state index in [0.717, 1.165) is 0 Å². The lowest BCUT2D eigenvalue weighted by Crippen LogP contribution is -2.45. The fourth-order valence-electron chi connectivity index (χ4n) is 0.346. The van der Waals surface area contributed by atoms with E-state index in [1.165, 1.54) is 0 Å². The number of carbonyl (C=O) groups excluding carboxylic acids is 1. The Morgan fingerprint density at radius 3 is 1.00 bits per heavy atom. The first-order valence-corrected chi connectivity index (χ1v) is 3.41. The van der Waals surface area contributed by atoms with E-state index in [-0.39, 0.29) is 0 Å². The molecule has 0 aromatic carbocycles. The summed E-state index contributed by atoms with van der Waals surface area (Å²) in [6, 6.07) is 0. The van der Waals surface area contributed by atoms with Crippen LogP contribution in [0, 0.1) is 0 Å². The van der Waals surface area contributed by atoms with Crippen molar-refractivity contribution >= 4 is 6.16 Å². The monoisotopic (exact) mass is 298 g/mol. The van der Waals surface area contributed by atoms with Crippen LogP contribution < -0.4 is 0 Å². The average Bonchev–Trinajstić information content (AvgIpc) is 1.95. The fraction of sp³-hybridized carbons (Fsp3) is 0.800. The van der Waals surface area contributed by atoms with Crippen LogP contribution in [0.4, 0.5) is 48.7 Å². The van der Waals surface area contributed by atoms with Gasteiger partial charge in [-0.3, -0.25) is 0 Å². The van der Waals surface area contributed by atoms with Crippen molar-refractivity contribution in [2.75, 3.05) is 0 Å². The third-order valence-corrected chi connectivity index (χ3v) is 1.08. The Morgan fingerprint density at radius 2 is 0.833 bits per heavy atom. The van der Waals surface area contributed by atoms with Crippen LogP contribution in [0.3, 0.4) is 0 Å². The van der Waals surface area contributed by atoms with Gasteiger partial charge in [0, 0.05) is 0 Å². The second-order valence-electron chi connectivity index (χ2n) is 2.48. The van der Waals surface area contributed by atoms with Gasteiger partial charge in [-0.25, -0.2) is 4.79 Å². The molecule has 18 heavy (non-hydrogen) atoms. The first-order chi connectivity index (χ1) is 7.60. The van der Waals surface area contributed by atoms with E-state index in [1.807, 2.05) is 9.47 Å². The zero-order valence-corrected chi connectivity index (χ0v) is 7.50. The highest BCUT2D eigenvalue weighted by atomic mass is 19.4. The molecule has 0 aliphatic rings. The summed E-state index contributed by atoms with van der Waals surface area (Å²) in [5.74, 6) is 0. The van der Waals surface area contributed by atoms with Crippen LogP contribution in [-0.4, -0.2) is 30.7 Å². The Bertz CT molecular complexity index is 284. The standard InChI is InChI=1S/C5F10O3/c6-2(7,8)4(12,13)17-1(16)18-5(14,15)3(9,10)11. The van der Waals surface area contributed by atoms with Crippen molar-refractivity contribution in [3.05, 3.63) is 0 Å². The average molecular weight is 298 g/mol. The van der Waals surface area contributed by atoms with E-state index in [2.05, 4.69) is 0 Å². The van der Waals surface area contributed by atoms with E-state index >= 15 is 0 Å². The number of carbonyl (C=O) groups is 1. The second-order valence-corrected chi connectivity index (χ2v) is 2.48. The Hall–Kier alpha value is -1.43. The Kier molecular flexibility index (Phi) is 4.00. The molecule has 0 amide bonds. The molecule has 0 unspecified atom stereocenters. The molecule has 0 atom stereocenters. The highest BCUT2D eigenvalue weighted by molar-refractivity contribution is 5.60. The van der Waals surface area contributed by atoms with E-state index < -0.39 is 30.7 Å². The van der Waals surface area contributed by atoms with Crippen molar-refractivity contribution in [3.8, 4) is 0 Å². The third kappa shape index (κ3) is 3.80. The first kappa shape index (κ1) is 16.6. The van der Waals surface area contributed by atoms with Crippen LogP contribution in [0.25, 0.3) is 0 Å². The zero-order chi connectivity index (χ0) is 15.0. The lowest BCUT2D eigenvalue weighted by Gasteiger charge is -2.22. The van der Waals surface area contributed by atoms with Crippen molar-refractivity contribution in [2.45, 2.75) is 24.6 Å². The molecular weight excluding hydrogens is 298 g/mol.